The van der Waals surface area contributed by atoms with E-state index in [-0.39, 0.29) is 59.5 Å². The van der Waals surface area contributed by atoms with E-state index < -0.39 is 21.8 Å². The molecular weight excluding hydrogens is 615 g/mol. The molecule has 2 aliphatic rings. The second kappa shape index (κ2) is 12.3. The first kappa shape index (κ1) is 30.3. The minimum Gasteiger partial charge on any atom is -0.379 e. The van der Waals surface area contributed by atoms with Crippen LogP contribution >= 0.6 is 11.8 Å². The number of thioether (sulfide) groups is 1. The molecule has 0 N–H and O–H groups in total. The van der Waals surface area contributed by atoms with E-state index in [1.165, 1.54) is 33.1 Å². The largest absolute Gasteiger partial charge is 0.416 e. The third-order valence-corrected chi connectivity index (χ3v) is 10.3. The average molecular weight is 644 g/mol. The molecule has 14 heteroatoms. The maximum atomic E-state index is 13.7. The lowest BCUT2D eigenvalue weighted by Crippen LogP contribution is -2.40. The van der Waals surface area contributed by atoms with Crippen LogP contribution in [0.4, 0.5) is 18.9 Å². The first-order valence-corrected chi connectivity index (χ1v) is 16.4. The molecule has 0 unspecified atom stereocenters. The predicted octanol–water partition coefficient (Wildman–Crippen LogP) is 5.05. The monoisotopic (exact) mass is 643 g/mol. The summed E-state index contributed by atoms with van der Waals surface area (Å²) in [5, 5.41) is 8.72. The first-order chi connectivity index (χ1) is 21.1. The zero-order chi connectivity index (χ0) is 30.9. The van der Waals surface area contributed by atoms with Gasteiger partial charge in [-0.15, -0.1) is 10.2 Å². The van der Waals surface area contributed by atoms with E-state index in [0.717, 1.165) is 48.0 Å². The SMILES string of the molecule is O=C(CSc1nnc(-c2cccc(S(=O)(=O)N3CCOCC3)c2)n1-c1cccc(C(F)(F)F)c1)N1CCCc2ccccc21. The zero-order valence-corrected chi connectivity index (χ0v) is 25.0. The molecule has 230 valence electrons. The minimum atomic E-state index is -4.60. The van der Waals surface area contributed by atoms with Gasteiger partial charge in [0.2, 0.25) is 15.9 Å². The number of halogens is 3. The normalized spacial score (nSPS) is 16.1. The maximum absolute atomic E-state index is 13.7. The van der Waals surface area contributed by atoms with Crippen LogP contribution in [0.1, 0.15) is 17.5 Å². The Morgan fingerprint density at radius 2 is 1.70 bits per heavy atom. The molecule has 44 heavy (non-hydrogen) atoms. The Kier molecular flexibility index (Phi) is 8.51. The van der Waals surface area contributed by atoms with E-state index >= 15 is 0 Å². The number of hydrogen-bond acceptors (Lipinski definition) is 7. The third kappa shape index (κ3) is 6.11. The molecule has 6 rings (SSSR count). The number of carbonyl (C=O) groups is 1. The van der Waals surface area contributed by atoms with Crippen LogP contribution in [-0.2, 0) is 32.2 Å². The molecule has 0 radical (unpaired) electrons. The van der Waals surface area contributed by atoms with Gasteiger partial charge in [0.1, 0.15) is 0 Å². The topological polar surface area (TPSA) is 97.6 Å². The van der Waals surface area contributed by atoms with Gasteiger partial charge in [0.15, 0.2) is 11.0 Å². The minimum absolute atomic E-state index is 0.0173. The Balaban J connectivity index is 1.36. The predicted molar refractivity (Wildman–Crippen MR) is 159 cm³/mol. The Hall–Kier alpha value is -3.72. The van der Waals surface area contributed by atoms with Crippen molar-refractivity contribution in [2.45, 2.75) is 29.1 Å². The molecule has 1 aromatic heterocycles. The van der Waals surface area contributed by atoms with Crippen LogP contribution in [0.5, 0.6) is 0 Å². The fraction of sp³-hybridized carbons (Fsp3) is 0.300. The number of hydrogen-bond donors (Lipinski definition) is 0. The molecule has 3 heterocycles. The summed E-state index contributed by atoms with van der Waals surface area (Å²) in [6.45, 7) is 1.55. The van der Waals surface area contributed by atoms with Crippen LogP contribution in [0.2, 0.25) is 0 Å². The van der Waals surface area contributed by atoms with Crippen LogP contribution in [-0.4, -0.2) is 72.0 Å². The Morgan fingerprint density at radius 1 is 0.932 bits per heavy atom. The fourth-order valence-electron chi connectivity index (χ4n) is 5.33. The lowest BCUT2D eigenvalue weighted by atomic mass is 10.0. The van der Waals surface area contributed by atoms with Gasteiger partial charge in [-0.2, -0.15) is 17.5 Å². The van der Waals surface area contributed by atoms with Crippen molar-refractivity contribution in [3.05, 3.63) is 83.9 Å². The van der Waals surface area contributed by atoms with Gasteiger partial charge in [-0.3, -0.25) is 9.36 Å². The zero-order valence-electron chi connectivity index (χ0n) is 23.4. The number of rotatable bonds is 7. The molecule has 0 saturated carbocycles. The van der Waals surface area contributed by atoms with Crippen molar-refractivity contribution in [3.63, 3.8) is 0 Å². The van der Waals surface area contributed by atoms with E-state index in [2.05, 4.69) is 10.2 Å². The summed E-state index contributed by atoms with van der Waals surface area (Å²) in [6.07, 6.45) is -2.90. The van der Waals surface area contributed by atoms with E-state index in [1.807, 2.05) is 24.3 Å². The van der Waals surface area contributed by atoms with Crippen molar-refractivity contribution in [2.24, 2.45) is 0 Å². The van der Waals surface area contributed by atoms with E-state index in [1.54, 1.807) is 17.0 Å². The highest BCUT2D eigenvalue weighted by Gasteiger charge is 2.32. The maximum Gasteiger partial charge on any atom is 0.416 e. The van der Waals surface area contributed by atoms with Gasteiger partial charge in [-0.25, -0.2) is 8.42 Å². The van der Waals surface area contributed by atoms with Crippen molar-refractivity contribution in [2.75, 3.05) is 43.5 Å². The van der Waals surface area contributed by atoms with E-state index in [4.69, 9.17) is 4.74 Å². The lowest BCUT2D eigenvalue weighted by molar-refractivity contribution is -0.137. The van der Waals surface area contributed by atoms with Crippen molar-refractivity contribution in [1.29, 1.82) is 0 Å². The quantitative estimate of drug-likeness (QED) is 0.260. The number of anilines is 1. The summed E-state index contributed by atoms with van der Waals surface area (Å²) < 4.78 is 75.9. The molecule has 4 aromatic rings. The summed E-state index contributed by atoms with van der Waals surface area (Å²) in [7, 11) is -3.86. The standard InChI is InChI=1S/C30H28F3N5O4S2/c31-30(32,33)23-9-4-10-24(19-23)38-28(22-7-3-11-25(18-22)44(40,41)36-14-16-42-17-15-36)34-35-29(38)43-20-27(39)37-13-5-8-21-6-1-2-12-26(21)37/h1-4,6-7,9-12,18-19H,5,8,13-17,20H2. The van der Waals surface area contributed by atoms with Crippen molar-refractivity contribution in [1.82, 2.24) is 19.1 Å². The van der Waals surface area contributed by atoms with Crippen molar-refractivity contribution >= 4 is 33.4 Å². The Bertz CT molecular complexity index is 1790. The average Bonchev–Trinajstić information content (AvgIpc) is 3.47. The number of aromatic nitrogens is 3. The molecule has 3 aromatic carbocycles. The lowest BCUT2D eigenvalue weighted by Gasteiger charge is -2.29. The van der Waals surface area contributed by atoms with Gasteiger partial charge in [0, 0.05) is 30.9 Å². The summed E-state index contributed by atoms with van der Waals surface area (Å²) in [5.41, 5.74) is 1.53. The van der Waals surface area contributed by atoms with Gasteiger partial charge < -0.3 is 9.64 Å². The summed E-state index contributed by atoms with van der Waals surface area (Å²) >= 11 is 1.06. The number of alkyl halides is 3. The number of sulfonamides is 1. The highest BCUT2D eigenvalue weighted by Crippen LogP contribution is 2.35. The smallest absolute Gasteiger partial charge is 0.379 e. The number of amides is 1. The Labute approximate surface area is 256 Å². The molecule has 1 saturated heterocycles. The molecular formula is C30H28F3N5O4S2. The van der Waals surface area contributed by atoms with Crippen LogP contribution < -0.4 is 4.90 Å². The number of carbonyl (C=O) groups excluding carboxylic acids is 1. The first-order valence-electron chi connectivity index (χ1n) is 14.0. The second-order valence-corrected chi connectivity index (χ2v) is 13.2. The van der Waals surface area contributed by atoms with Gasteiger partial charge in [0.25, 0.3) is 0 Å². The van der Waals surface area contributed by atoms with Gasteiger partial charge in [-0.1, -0.05) is 48.2 Å². The molecule has 0 atom stereocenters. The van der Waals surface area contributed by atoms with Crippen LogP contribution in [0.3, 0.4) is 0 Å². The van der Waals surface area contributed by atoms with Crippen molar-refractivity contribution < 1.29 is 31.1 Å². The molecule has 2 aliphatic heterocycles. The third-order valence-electron chi connectivity index (χ3n) is 7.50. The highest BCUT2D eigenvalue weighted by molar-refractivity contribution is 7.99. The number of para-hydroxylation sites is 1. The summed E-state index contributed by atoms with van der Waals surface area (Å²) in [6, 6.07) is 18.5. The number of ether oxygens (including phenoxy) is 1. The number of morpholine rings is 1. The summed E-state index contributed by atoms with van der Waals surface area (Å²) in [5.74, 6) is -0.0563. The van der Waals surface area contributed by atoms with Gasteiger partial charge in [0.05, 0.1) is 35.1 Å². The highest BCUT2D eigenvalue weighted by atomic mass is 32.2. The van der Waals surface area contributed by atoms with Crippen LogP contribution in [0, 0.1) is 0 Å². The number of nitrogens with zero attached hydrogens (tertiary/aromatic N) is 5. The number of aryl methyl sites for hydroxylation is 1. The van der Waals surface area contributed by atoms with Gasteiger partial charge in [-0.05, 0) is 54.8 Å². The number of fused-ring (bicyclic) bond motifs is 1. The molecule has 0 bridgehead atoms. The molecule has 0 spiro atoms. The van der Waals surface area contributed by atoms with E-state index in [9.17, 15) is 26.4 Å². The van der Waals surface area contributed by atoms with Crippen LogP contribution in [0.25, 0.3) is 17.1 Å². The van der Waals surface area contributed by atoms with Crippen LogP contribution in [0.15, 0.2) is 82.8 Å². The van der Waals surface area contributed by atoms with E-state index in [0.29, 0.717) is 12.1 Å². The molecule has 9 nitrogen and oxygen atoms in total. The second-order valence-electron chi connectivity index (χ2n) is 10.3. The number of benzene rings is 3. The Morgan fingerprint density at radius 3 is 2.50 bits per heavy atom. The molecule has 1 amide bonds. The summed E-state index contributed by atoms with van der Waals surface area (Å²) in [4.78, 5) is 15.1. The molecule has 0 aliphatic carbocycles. The van der Waals surface area contributed by atoms with Gasteiger partial charge >= 0.3 is 6.18 Å². The van der Waals surface area contributed by atoms with Crippen molar-refractivity contribution in [3.8, 4) is 17.1 Å². The molecule has 1 fully saturated rings. The fourth-order valence-corrected chi connectivity index (χ4v) is 7.62.